The molecule has 15 heavy (non-hydrogen) atoms. The molecule has 1 atom stereocenters. The first-order valence-electron chi connectivity index (χ1n) is 5.75. The van der Waals surface area contributed by atoms with Crippen LogP contribution in [0.15, 0.2) is 24.3 Å². The third-order valence-corrected chi connectivity index (χ3v) is 2.96. The Balaban J connectivity index is 2.66. The van der Waals surface area contributed by atoms with Gasteiger partial charge in [-0.25, -0.2) is 0 Å². The molecule has 1 rings (SSSR count). The van der Waals surface area contributed by atoms with Gasteiger partial charge in [-0.3, -0.25) is 4.90 Å². The van der Waals surface area contributed by atoms with Crippen molar-refractivity contribution in [2.45, 2.75) is 39.8 Å². The van der Waals surface area contributed by atoms with E-state index >= 15 is 0 Å². The van der Waals surface area contributed by atoms with Gasteiger partial charge < -0.3 is 5.73 Å². The zero-order chi connectivity index (χ0) is 11.3. The number of nitrogens with two attached hydrogens (primary N) is 1. The molecular weight excluding hydrogens is 184 g/mol. The fourth-order valence-corrected chi connectivity index (χ4v) is 1.76. The van der Waals surface area contributed by atoms with Crippen molar-refractivity contribution >= 4 is 5.69 Å². The van der Waals surface area contributed by atoms with Crippen molar-refractivity contribution in [1.82, 2.24) is 4.90 Å². The molecule has 0 amide bonds. The third kappa shape index (κ3) is 3.56. The average molecular weight is 206 g/mol. The van der Waals surface area contributed by atoms with Crippen LogP contribution in [-0.2, 0) is 6.54 Å². The van der Waals surface area contributed by atoms with E-state index in [9.17, 15) is 0 Å². The maximum absolute atomic E-state index is 5.77. The zero-order valence-electron chi connectivity index (χ0n) is 10.0. The molecule has 0 aliphatic carbocycles. The Hall–Kier alpha value is -1.02. The lowest BCUT2D eigenvalue weighted by Gasteiger charge is -2.27. The van der Waals surface area contributed by atoms with Crippen LogP contribution in [0, 0.1) is 0 Å². The standard InChI is InChI=1S/C13H22N2/c1-4-11(3)15(5-2)10-12-7-6-8-13(14)9-12/h6-9,11H,4-5,10,14H2,1-3H3. The second kappa shape index (κ2) is 5.76. The van der Waals surface area contributed by atoms with Gasteiger partial charge in [-0.1, -0.05) is 26.0 Å². The Bertz CT molecular complexity index is 296. The van der Waals surface area contributed by atoms with Crippen LogP contribution in [-0.4, -0.2) is 17.5 Å². The van der Waals surface area contributed by atoms with E-state index < -0.39 is 0 Å². The third-order valence-electron chi connectivity index (χ3n) is 2.96. The molecule has 0 heterocycles. The van der Waals surface area contributed by atoms with E-state index in [1.807, 2.05) is 12.1 Å². The van der Waals surface area contributed by atoms with Crippen LogP contribution in [0.1, 0.15) is 32.8 Å². The van der Waals surface area contributed by atoms with Crippen molar-refractivity contribution < 1.29 is 0 Å². The predicted octanol–water partition coefficient (Wildman–Crippen LogP) is 2.89. The first kappa shape index (κ1) is 12.1. The van der Waals surface area contributed by atoms with Crippen LogP contribution in [0.25, 0.3) is 0 Å². The predicted molar refractivity (Wildman–Crippen MR) is 66.7 cm³/mol. The summed E-state index contributed by atoms with van der Waals surface area (Å²) in [6.07, 6.45) is 1.19. The van der Waals surface area contributed by atoms with E-state index in [1.165, 1.54) is 12.0 Å². The summed E-state index contributed by atoms with van der Waals surface area (Å²) in [5.41, 5.74) is 7.92. The largest absolute Gasteiger partial charge is 0.399 e. The van der Waals surface area contributed by atoms with E-state index in [4.69, 9.17) is 5.73 Å². The van der Waals surface area contributed by atoms with Gasteiger partial charge in [0.1, 0.15) is 0 Å². The fourth-order valence-electron chi connectivity index (χ4n) is 1.76. The Morgan fingerprint density at radius 2 is 2.07 bits per heavy atom. The molecular formula is C13H22N2. The topological polar surface area (TPSA) is 29.3 Å². The minimum atomic E-state index is 0.636. The quantitative estimate of drug-likeness (QED) is 0.751. The van der Waals surface area contributed by atoms with E-state index in [2.05, 4.69) is 37.8 Å². The maximum atomic E-state index is 5.77. The molecule has 0 spiro atoms. The van der Waals surface area contributed by atoms with Gasteiger partial charge in [0.15, 0.2) is 0 Å². The average Bonchev–Trinajstić information content (AvgIpc) is 2.25. The number of nitrogens with zero attached hydrogens (tertiary/aromatic N) is 1. The summed E-state index contributed by atoms with van der Waals surface area (Å²) in [5, 5.41) is 0. The second-order valence-electron chi connectivity index (χ2n) is 4.07. The number of rotatable bonds is 5. The normalized spacial score (nSPS) is 13.1. The van der Waals surface area contributed by atoms with Crippen molar-refractivity contribution in [3.8, 4) is 0 Å². The highest BCUT2D eigenvalue weighted by molar-refractivity contribution is 5.40. The minimum absolute atomic E-state index is 0.636. The molecule has 0 aliphatic rings. The molecule has 0 aromatic heterocycles. The van der Waals surface area contributed by atoms with Crippen LogP contribution in [0.2, 0.25) is 0 Å². The van der Waals surface area contributed by atoms with Gasteiger partial charge in [0.05, 0.1) is 0 Å². The van der Waals surface area contributed by atoms with Gasteiger partial charge in [0, 0.05) is 18.3 Å². The highest BCUT2D eigenvalue weighted by Gasteiger charge is 2.09. The molecule has 0 saturated heterocycles. The summed E-state index contributed by atoms with van der Waals surface area (Å²) in [6, 6.07) is 8.79. The van der Waals surface area contributed by atoms with Crippen LogP contribution in [0.3, 0.4) is 0 Å². The Labute approximate surface area is 93.1 Å². The fraction of sp³-hybridized carbons (Fsp3) is 0.538. The Morgan fingerprint density at radius 1 is 1.33 bits per heavy atom. The molecule has 2 N–H and O–H groups in total. The first-order valence-corrected chi connectivity index (χ1v) is 5.75. The van der Waals surface area contributed by atoms with Gasteiger partial charge in [0.2, 0.25) is 0 Å². The molecule has 0 aliphatic heterocycles. The monoisotopic (exact) mass is 206 g/mol. The molecule has 0 fully saturated rings. The highest BCUT2D eigenvalue weighted by atomic mass is 15.1. The molecule has 0 radical (unpaired) electrons. The number of nitrogen functional groups attached to an aromatic ring is 1. The SMILES string of the molecule is CCC(C)N(CC)Cc1cccc(N)c1. The van der Waals surface area contributed by atoms with Crippen molar-refractivity contribution in [2.75, 3.05) is 12.3 Å². The Morgan fingerprint density at radius 3 is 2.60 bits per heavy atom. The van der Waals surface area contributed by atoms with Crippen LogP contribution < -0.4 is 5.73 Å². The van der Waals surface area contributed by atoms with Crippen molar-refractivity contribution in [2.24, 2.45) is 0 Å². The maximum Gasteiger partial charge on any atom is 0.0317 e. The molecule has 0 bridgehead atoms. The van der Waals surface area contributed by atoms with E-state index in [0.717, 1.165) is 18.8 Å². The summed E-state index contributed by atoms with van der Waals surface area (Å²) >= 11 is 0. The number of hydrogen-bond acceptors (Lipinski definition) is 2. The van der Waals surface area contributed by atoms with Gasteiger partial charge in [-0.15, -0.1) is 0 Å². The molecule has 84 valence electrons. The van der Waals surface area contributed by atoms with E-state index in [0.29, 0.717) is 6.04 Å². The van der Waals surface area contributed by atoms with Crippen LogP contribution in [0.4, 0.5) is 5.69 Å². The summed E-state index contributed by atoms with van der Waals surface area (Å²) in [4.78, 5) is 2.47. The van der Waals surface area contributed by atoms with E-state index in [1.54, 1.807) is 0 Å². The lowest BCUT2D eigenvalue weighted by atomic mass is 10.1. The van der Waals surface area contributed by atoms with Gasteiger partial charge >= 0.3 is 0 Å². The number of hydrogen-bond donors (Lipinski definition) is 1. The van der Waals surface area contributed by atoms with Gasteiger partial charge in [-0.05, 0) is 37.6 Å². The van der Waals surface area contributed by atoms with E-state index in [-0.39, 0.29) is 0 Å². The second-order valence-corrected chi connectivity index (χ2v) is 4.07. The van der Waals surface area contributed by atoms with Crippen molar-refractivity contribution in [3.63, 3.8) is 0 Å². The molecule has 0 saturated carbocycles. The summed E-state index contributed by atoms with van der Waals surface area (Å²) in [7, 11) is 0. The molecule has 1 unspecified atom stereocenters. The van der Waals surface area contributed by atoms with Gasteiger partial charge in [-0.2, -0.15) is 0 Å². The minimum Gasteiger partial charge on any atom is -0.399 e. The highest BCUT2D eigenvalue weighted by Crippen LogP contribution is 2.12. The molecule has 2 nitrogen and oxygen atoms in total. The lowest BCUT2D eigenvalue weighted by molar-refractivity contribution is 0.206. The molecule has 2 heteroatoms. The summed E-state index contributed by atoms with van der Waals surface area (Å²) in [6.45, 7) is 8.79. The number of anilines is 1. The Kier molecular flexibility index (Phi) is 4.63. The zero-order valence-corrected chi connectivity index (χ0v) is 10.0. The van der Waals surface area contributed by atoms with Crippen molar-refractivity contribution in [1.29, 1.82) is 0 Å². The molecule has 1 aromatic carbocycles. The van der Waals surface area contributed by atoms with Crippen LogP contribution in [0.5, 0.6) is 0 Å². The van der Waals surface area contributed by atoms with Gasteiger partial charge in [0.25, 0.3) is 0 Å². The van der Waals surface area contributed by atoms with Crippen LogP contribution >= 0.6 is 0 Å². The first-order chi connectivity index (χ1) is 7.17. The summed E-state index contributed by atoms with van der Waals surface area (Å²) < 4.78 is 0. The number of benzene rings is 1. The summed E-state index contributed by atoms with van der Waals surface area (Å²) in [5.74, 6) is 0. The smallest absolute Gasteiger partial charge is 0.0317 e. The van der Waals surface area contributed by atoms with Crippen molar-refractivity contribution in [3.05, 3.63) is 29.8 Å². The molecule has 1 aromatic rings. The lowest BCUT2D eigenvalue weighted by Crippen LogP contribution is -2.31.